The molecular formula is C22H24N2O6S. The zero-order chi connectivity index (χ0) is 22.0. The Hall–Kier alpha value is -3.04. The van der Waals surface area contributed by atoms with Crippen LogP contribution in [-0.2, 0) is 14.8 Å². The molecule has 0 atom stereocenters. The van der Waals surface area contributed by atoms with E-state index in [-0.39, 0.29) is 22.5 Å². The van der Waals surface area contributed by atoms with Crippen molar-refractivity contribution >= 4 is 32.6 Å². The normalized spacial score (nSPS) is 14.5. The summed E-state index contributed by atoms with van der Waals surface area (Å²) >= 11 is 0. The van der Waals surface area contributed by atoms with Crippen LogP contribution in [-0.4, -0.2) is 46.7 Å². The average molecular weight is 445 g/mol. The minimum absolute atomic E-state index is 0.0829. The van der Waals surface area contributed by atoms with Crippen LogP contribution >= 0.6 is 0 Å². The summed E-state index contributed by atoms with van der Waals surface area (Å²) in [7, 11) is -4.13. The molecule has 3 aromatic rings. The van der Waals surface area contributed by atoms with Crippen LogP contribution in [0.3, 0.4) is 0 Å². The van der Waals surface area contributed by atoms with Gasteiger partial charge in [-0.05, 0) is 44.2 Å². The Bertz CT molecular complexity index is 1200. The number of carbonyl (C=O) groups excluding carboxylic acids is 1. The van der Waals surface area contributed by atoms with Gasteiger partial charge in [0.05, 0.1) is 12.7 Å². The lowest BCUT2D eigenvalue weighted by Crippen LogP contribution is -2.52. The molecule has 2 aromatic carbocycles. The Balaban J connectivity index is 1.52. The maximum atomic E-state index is 12.7. The van der Waals surface area contributed by atoms with Crippen molar-refractivity contribution < 1.29 is 27.1 Å². The summed E-state index contributed by atoms with van der Waals surface area (Å²) in [6, 6.07) is 13.3. The van der Waals surface area contributed by atoms with Gasteiger partial charge in [0.2, 0.25) is 0 Å². The lowest BCUT2D eigenvalue weighted by molar-refractivity contribution is 0.0431. The first-order chi connectivity index (χ1) is 14.9. The highest BCUT2D eigenvalue weighted by Gasteiger charge is 2.28. The fourth-order valence-corrected chi connectivity index (χ4v) is 4.60. The molecule has 1 N–H and O–H groups in total. The van der Waals surface area contributed by atoms with Gasteiger partial charge >= 0.3 is 5.91 Å². The van der Waals surface area contributed by atoms with E-state index in [4.69, 9.17) is 13.9 Å². The number of hydrogen-bond acceptors (Lipinski definition) is 7. The summed E-state index contributed by atoms with van der Waals surface area (Å²) in [5, 5.41) is 0.711. The molecule has 0 saturated carbocycles. The number of benzene rings is 2. The molecule has 164 valence electrons. The summed E-state index contributed by atoms with van der Waals surface area (Å²) < 4.78 is 44.1. The fraction of sp³-hybridized carbons (Fsp3) is 0.318. The van der Waals surface area contributed by atoms with Gasteiger partial charge in [-0.1, -0.05) is 12.1 Å². The van der Waals surface area contributed by atoms with Crippen LogP contribution in [0.5, 0.6) is 5.75 Å². The number of furan rings is 1. The zero-order valence-electron chi connectivity index (χ0n) is 17.3. The second-order valence-corrected chi connectivity index (χ2v) is 8.78. The minimum Gasteiger partial charge on any atom is -0.492 e. The second kappa shape index (κ2) is 8.60. The molecule has 1 aliphatic rings. The molecule has 8 nitrogen and oxygen atoms in total. The molecule has 0 aliphatic carbocycles. The number of hydrogen-bond donors (Lipinski definition) is 1. The van der Waals surface area contributed by atoms with Crippen molar-refractivity contribution in [3.8, 4) is 5.75 Å². The third-order valence-electron chi connectivity index (χ3n) is 5.01. The van der Waals surface area contributed by atoms with E-state index in [1.165, 1.54) is 18.2 Å². The van der Waals surface area contributed by atoms with E-state index in [0.717, 1.165) is 18.8 Å². The average Bonchev–Trinajstić information content (AvgIpc) is 3.14. The predicted molar refractivity (Wildman–Crippen MR) is 116 cm³/mol. The zero-order valence-corrected chi connectivity index (χ0v) is 18.1. The summed E-state index contributed by atoms with van der Waals surface area (Å²) in [6.07, 6.45) is 0.225. The van der Waals surface area contributed by atoms with Crippen molar-refractivity contribution in [1.29, 1.82) is 0 Å². The van der Waals surface area contributed by atoms with Crippen LogP contribution in [0.4, 0.5) is 5.69 Å². The molecule has 1 fully saturated rings. The number of anilines is 1. The highest BCUT2D eigenvalue weighted by Crippen LogP contribution is 2.29. The molecule has 0 spiro atoms. The van der Waals surface area contributed by atoms with Gasteiger partial charge in [-0.25, -0.2) is 13.1 Å². The first-order valence-corrected chi connectivity index (χ1v) is 11.6. The van der Waals surface area contributed by atoms with Crippen molar-refractivity contribution in [2.45, 2.75) is 24.8 Å². The van der Waals surface area contributed by atoms with Crippen molar-refractivity contribution in [3.05, 3.63) is 54.3 Å². The van der Waals surface area contributed by atoms with Crippen molar-refractivity contribution in [1.82, 2.24) is 4.72 Å². The first kappa shape index (κ1) is 21.2. The highest BCUT2D eigenvalue weighted by atomic mass is 32.2. The Morgan fingerprint density at radius 3 is 2.65 bits per heavy atom. The second-order valence-electron chi connectivity index (χ2n) is 7.13. The summed E-state index contributed by atoms with van der Waals surface area (Å²) in [4.78, 5) is 14.7. The van der Waals surface area contributed by atoms with Crippen LogP contribution < -0.4 is 14.4 Å². The molecule has 4 rings (SSSR count). The lowest BCUT2D eigenvalue weighted by atomic mass is 10.1. The van der Waals surface area contributed by atoms with Gasteiger partial charge in [0.15, 0.2) is 5.76 Å². The van der Waals surface area contributed by atoms with Crippen LogP contribution in [0, 0.1) is 0 Å². The summed E-state index contributed by atoms with van der Waals surface area (Å²) in [5.41, 5.74) is 1.47. The van der Waals surface area contributed by atoms with Gasteiger partial charge in [-0.2, -0.15) is 0 Å². The van der Waals surface area contributed by atoms with Crippen LogP contribution in [0.25, 0.3) is 11.0 Å². The molecular weight excluding hydrogens is 420 g/mol. The molecule has 1 amide bonds. The lowest BCUT2D eigenvalue weighted by Gasteiger charge is -2.40. The topological polar surface area (TPSA) is 98.1 Å². The quantitative estimate of drug-likeness (QED) is 0.570. The maximum absolute atomic E-state index is 12.7. The first-order valence-electron chi connectivity index (χ1n) is 10.1. The largest absolute Gasteiger partial charge is 0.492 e. The highest BCUT2D eigenvalue weighted by molar-refractivity contribution is 7.90. The summed E-state index contributed by atoms with van der Waals surface area (Å²) in [6.45, 7) is 6.30. The molecule has 0 radical (unpaired) electrons. The number of nitrogens with zero attached hydrogens (tertiary/aromatic N) is 1. The number of fused-ring (bicyclic) bond motifs is 1. The minimum atomic E-state index is -4.13. The predicted octanol–water partition coefficient (Wildman–Crippen LogP) is 3.18. The molecule has 2 heterocycles. The van der Waals surface area contributed by atoms with Crippen molar-refractivity contribution in [2.75, 3.05) is 31.2 Å². The molecule has 0 bridgehead atoms. The SMILES string of the molecule is CCOc1ccccc1S(=O)(=O)NC(=O)c1cc2ccc(N3CC(OCC)C3)cc2o1. The molecule has 1 aromatic heterocycles. The van der Waals surface area contributed by atoms with Crippen molar-refractivity contribution in [3.63, 3.8) is 0 Å². The number of nitrogens with one attached hydrogen (secondary N) is 1. The van der Waals surface area contributed by atoms with E-state index >= 15 is 0 Å². The van der Waals surface area contributed by atoms with E-state index in [0.29, 0.717) is 24.2 Å². The van der Waals surface area contributed by atoms with Crippen LogP contribution in [0.2, 0.25) is 0 Å². The molecule has 9 heteroatoms. The van der Waals surface area contributed by atoms with E-state index in [1.807, 2.05) is 25.1 Å². The smallest absolute Gasteiger partial charge is 0.300 e. The Morgan fingerprint density at radius 2 is 1.90 bits per heavy atom. The maximum Gasteiger partial charge on any atom is 0.300 e. The number of rotatable bonds is 8. The number of amides is 1. The molecule has 0 unspecified atom stereocenters. The van der Waals surface area contributed by atoms with E-state index in [9.17, 15) is 13.2 Å². The Kier molecular flexibility index (Phi) is 5.88. The number of para-hydroxylation sites is 1. The molecule has 31 heavy (non-hydrogen) atoms. The molecule has 1 saturated heterocycles. The number of carbonyl (C=O) groups is 1. The van der Waals surface area contributed by atoms with Gasteiger partial charge in [-0.3, -0.25) is 4.79 Å². The van der Waals surface area contributed by atoms with Gasteiger partial charge in [0.1, 0.15) is 16.2 Å². The third kappa shape index (κ3) is 4.38. The van der Waals surface area contributed by atoms with Crippen molar-refractivity contribution in [2.24, 2.45) is 0 Å². The Morgan fingerprint density at radius 1 is 1.13 bits per heavy atom. The third-order valence-corrected chi connectivity index (χ3v) is 6.38. The fourth-order valence-electron chi connectivity index (χ4n) is 3.49. The molecule has 1 aliphatic heterocycles. The van der Waals surface area contributed by atoms with Gasteiger partial charge in [0.25, 0.3) is 10.0 Å². The van der Waals surface area contributed by atoms with Crippen LogP contribution in [0.15, 0.2) is 57.8 Å². The Labute approximate surface area is 180 Å². The van der Waals surface area contributed by atoms with Gasteiger partial charge < -0.3 is 18.8 Å². The van der Waals surface area contributed by atoms with Gasteiger partial charge in [0, 0.05) is 36.8 Å². The van der Waals surface area contributed by atoms with E-state index in [2.05, 4.69) is 9.62 Å². The monoisotopic (exact) mass is 444 g/mol. The van der Waals surface area contributed by atoms with E-state index < -0.39 is 15.9 Å². The number of ether oxygens (including phenoxy) is 2. The van der Waals surface area contributed by atoms with Crippen LogP contribution in [0.1, 0.15) is 24.4 Å². The van der Waals surface area contributed by atoms with E-state index in [1.54, 1.807) is 19.1 Å². The van der Waals surface area contributed by atoms with Gasteiger partial charge in [-0.15, -0.1) is 0 Å². The standard InChI is InChI=1S/C22H24N2O6S/c1-3-28-17-13-24(14-17)16-10-9-15-11-20(30-19(15)12-16)22(25)23-31(26,27)21-8-6-5-7-18(21)29-4-2/h5-12,17H,3-4,13-14H2,1-2H3,(H,23,25). The number of sulfonamides is 1. The summed E-state index contributed by atoms with van der Waals surface area (Å²) in [5.74, 6) is -0.746.